The van der Waals surface area contributed by atoms with E-state index < -0.39 is 0 Å². The van der Waals surface area contributed by atoms with Crippen LogP contribution in [0.1, 0.15) is 29.8 Å². The highest BCUT2D eigenvalue weighted by Gasteiger charge is 2.17. The second-order valence-electron chi connectivity index (χ2n) is 4.46. The molecule has 0 spiro atoms. The normalized spacial score (nSPS) is 12.2. The van der Waals surface area contributed by atoms with Crippen LogP contribution in [0.2, 0.25) is 0 Å². The lowest BCUT2D eigenvalue weighted by atomic mass is 9.98. The average molecular weight is 256 g/mol. The topological polar surface area (TPSA) is 34.2 Å². The van der Waals surface area contributed by atoms with Gasteiger partial charge in [-0.2, -0.15) is 0 Å². The van der Waals surface area contributed by atoms with Crippen molar-refractivity contribution in [1.82, 2.24) is 10.3 Å². The molecule has 3 heteroatoms. The number of methoxy groups -OCH3 is 1. The van der Waals surface area contributed by atoms with Crippen molar-refractivity contribution < 1.29 is 4.74 Å². The first-order chi connectivity index (χ1) is 9.26. The van der Waals surface area contributed by atoms with Gasteiger partial charge in [-0.05, 0) is 37.2 Å². The van der Waals surface area contributed by atoms with E-state index in [0.717, 1.165) is 23.6 Å². The lowest BCUT2D eigenvalue weighted by molar-refractivity contribution is 0.404. The number of para-hydroxylation sites is 1. The summed E-state index contributed by atoms with van der Waals surface area (Å²) in [6.07, 6.45) is 1.85. The predicted octanol–water partition coefficient (Wildman–Crippen LogP) is 3.10. The summed E-state index contributed by atoms with van der Waals surface area (Å²) in [6, 6.07) is 12.4. The number of hydrogen-bond acceptors (Lipinski definition) is 3. The second kappa shape index (κ2) is 6.34. The fourth-order valence-electron chi connectivity index (χ4n) is 2.26. The molecule has 1 N–H and O–H groups in total. The van der Waals surface area contributed by atoms with E-state index in [2.05, 4.69) is 29.4 Å². The maximum Gasteiger partial charge on any atom is 0.123 e. The van der Waals surface area contributed by atoms with Gasteiger partial charge in [0.15, 0.2) is 0 Å². The van der Waals surface area contributed by atoms with Gasteiger partial charge in [-0.3, -0.25) is 4.98 Å². The van der Waals surface area contributed by atoms with E-state index in [1.807, 2.05) is 37.4 Å². The molecule has 1 atom stereocenters. The summed E-state index contributed by atoms with van der Waals surface area (Å²) in [5.74, 6) is 0.905. The van der Waals surface area contributed by atoms with Crippen molar-refractivity contribution >= 4 is 0 Å². The minimum Gasteiger partial charge on any atom is -0.496 e. The Bertz CT molecular complexity index is 540. The van der Waals surface area contributed by atoms with Gasteiger partial charge >= 0.3 is 0 Å². The molecule has 0 amide bonds. The second-order valence-corrected chi connectivity index (χ2v) is 4.46. The predicted molar refractivity (Wildman–Crippen MR) is 77.5 cm³/mol. The SMILES string of the molecule is CCNC(c1ccnc(C)c1)c1ccccc1OC. The molecule has 0 radical (unpaired) electrons. The molecule has 0 aliphatic rings. The Balaban J connectivity index is 2.45. The zero-order valence-corrected chi connectivity index (χ0v) is 11.7. The van der Waals surface area contributed by atoms with Crippen LogP contribution < -0.4 is 10.1 Å². The molecule has 3 nitrogen and oxygen atoms in total. The molecule has 19 heavy (non-hydrogen) atoms. The third-order valence-corrected chi connectivity index (χ3v) is 3.11. The lowest BCUT2D eigenvalue weighted by Gasteiger charge is -2.21. The molecule has 1 aromatic carbocycles. The zero-order valence-electron chi connectivity index (χ0n) is 11.7. The molecule has 1 unspecified atom stereocenters. The van der Waals surface area contributed by atoms with Crippen LogP contribution >= 0.6 is 0 Å². The van der Waals surface area contributed by atoms with Crippen LogP contribution in [-0.4, -0.2) is 18.6 Å². The molecular formula is C16H20N2O. The number of aryl methyl sites for hydroxylation is 1. The summed E-state index contributed by atoms with van der Waals surface area (Å²) in [4.78, 5) is 4.26. The van der Waals surface area contributed by atoms with E-state index in [0.29, 0.717) is 0 Å². The Morgan fingerprint density at radius 1 is 1.26 bits per heavy atom. The fourth-order valence-corrected chi connectivity index (χ4v) is 2.26. The third kappa shape index (κ3) is 3.12. The van der Waals surface area contributed by atoms with Gasteiger partial charge in [0, 0.05) is 17.5 Å². The van der Waals surface area contributed by atoms with Crippen LogP contribution in [-0.2, 0) is 0 Å². The summed E-state index contributed by atoms with van der Waals surface area (Å²) in [5, 5.41) is 3.51. The molecule has 2 aromatic rings. The Hall–Kier alpha value is -1.87. The van der Waals surface area contributed by atoms with E-state index >= 15 is 0 Å². The largest absolute Gasteiger partial charge is 0.496 e. The monoisotopic (exact) mass is 256 g/mol. The highest BCUT2D eigenvalue weighted by atomic mass is 16.5. The highest BCUT2D eigenvalue weighted by Crippen LogP contribution is 2.29. The van der Waals surface area contributed by atoms with Gasteiger partial charge < -0.3 is 10.1 Å². The first kappa shape index (κ1) is 13.6. The highest BCUT2D eigenvalue weighted by molar-refractivity contribution is 5.41. The Labute approximate surface area is 114 Å². The maximum atomic E-state index is 5.47. The maximum absolute atomic E-state index is 5.47. The van der Waals surface area contributed by atoms with Gasteiger partial charge in [-0.1, -0.05) is 25.1 Å². The Morgan fingerprint density at radius 3 is 2.74 bits per heavy atom. The molecule has 0 aliphatic carbocycles. The summed E-state index contributed by atoms with van der Waals surface area (Å²) in [7, 11) is 1.71. The fraction of sp³-hybridized carbons (Fsp3) is 0.312. The number of hydrogen-bond donors (Lipinski definition) is 1. The molecule has 0 bridgehead atoms. The van der Waals surface area contributed by atoms with Crippen molar-refractivity contribution in [3.63, 3.8) is 0 Å². The number of nitrogens with one attached hydrogen (secondary N) is 1. The molecule has 1 heterocycles. The summed E-state index contributed by atoms with van der Waals surface area (Å²) < 4.78 is 5.47. The van der Waals surface area contributed by atoms with E-state index in [-0.39, 0.29) is 6.04 Å². The van der Waals surface area contributed by atoms with E-state index in [1.165, 1.54) is 5.56 Å². The lowest BCUT2D eigenvalue weighted by Crippen LogP contribution is -2.22. The molecule has 0 saturated heterocycles. The van der Waals surface area contributed by atoms with E-state index in [9.17, 15) is 0 Å². The summed E-state index contributed by atoms with van der Waals surface area (Å²) >= 11 is 0. The first-order valence-corrected chi connectivity index (χ1v) is 6.55. The Morgan fingerprint density at radius 2 is 2.05 bits per heavy atom. The van der Waals surface area contributed by atoms with E-state index in [1.54, 1.807) is 7.11 Å². The van der Waals surface area contributed by atoms with Gasteiger partial charge in [0.1, 0.15) is 5.75 Å². The molecule has 0 saturated carbocycles. The van der Waals surface area contributed by atoms with Crippen molar-refractivity contribution in [2.24, 2.45) is 0 Å². The number of benzene rings is 1. The third-order valence-electron chi connectivity index (χ3n) is 3.11. The average Bonchev–Trinajstić information content (AvgIpc) is 2.45. The van der Waals surface area contributed by atoms with Crippen LogP contribution in [0.15, 0.2) is 42.6 Å². The number of pyridine rings is 1. The van der Waals surface area contributed by atoms with E-state index in [4.69, 9.17) is 4.74 Å². The van der Waals surface area contributed by atoms with Crippen LogP contribution in [0.5, 0.6) is 5.75 Å². The molecule has 0 aliphatic heterocycles. The van der Waals surface area contributed by atoms with Gasteiger partial charge in [-0.15, -0.1) is 0 Å². The quantitative estimate of drug-likeness (QED) is 0.892. The number of nitrogens with zero attached hydrogens (tertiary/aromatic N) is 1. The van der Waals surface area contributed by atoms with Crippen molar-refractivity contribution in [2.45, 2.75) is 19.9 Å². The van der Waals surface area contributed by atoms with Crippen LogP contribution in [0.3, 0.4) is 0 Å². The first-order valence-electron chi connectivity index (χ1n) is 6.55. The van der Waals surface area contributed by atoms with Gasteiger partial charge in [0.25, 0.3) is 0 Å². The standard InChI is InChI=1S/C16H20N2O/c1-4-17-16(13-9-10-18-12(2)11-13)14-7-5-6-8-15(14)19-3/h5-11,16-17H,4H2,1-3H3. The van der Waals surface area contributed by atoms with Gasteiger partial charge in [-0.25, -0.2) is 0 Å². The Kier molecular flexibility index (Phi) is 4.53. The minimum absolute atomic E-state index is 0.128. The molecule has 0 fully saturated rings. The molecular weight excluding hydrogens is 236 g/mol. The van der Waals surface area contributed by atoms with Crippen molar-refractivity contribution in [1.29, 1.82) is 0 Å². The summed E-state index contributed by atoms with van der Waals surface area (Å²) in [6.45, 7) is 5.01. The van der Waals surface area contributed by atoms with Crippen molar-refractivity contribution in [3.05, 3.63) is 59.4 Å². The minimum atomic E-state index is 0.128. The molecule has 100 valence electrons. The number of aromatic nitrogens is 1. The van der Waals surface area contributed by atoms with Crippen LogP contribution in [0.4, 0.5) is 0 Å². The zero-order chi connectivity index (χ0) is 13.7. The smallest absolute Gasteiger partial charge is 0.123 e. The van der Waals surface area contributed by atoms with Crippen LogP contribution in [0.25, 0.3) is 0 Å². The molecule has 1 aromatic heterocycles. The molecule has 2 rings (SSSR count). The van der Waals surface area contributed by atoms with Crippen molar-refractivity contribution in [3.8, 4) is 5.75 Å². The van der Waals surface area contributed by atoms with Gasteiger partial charge in [0.05, 0.1) is 13.2 Å². The van der Waals surface area contributed by atoms with Crippen molar-refractivity contribution in [2.75, 3.05) is 13.7 Å². The number of rotatable bonds is 5. The summed E-state index contributed by atoms with van der Waals surface area (Å²) in [5.41, 5.74) is 3.38. The number of ether oxygens (including phenoxy) is 1. The van der Waals surface area contributed by atoms with Crippen LogP contribution in [0, 0.1) is 6.92 Å². The van der Waals surface area contributed by atoms with Gasteiger partial charge in [0.2, 0.25) is 0 Å².